The van der Waals surface area contributed by atoms with Gasteiger partial charge in [-0.2, -0.15) is 0 Å². The summed E-state index contributed by atoms with van der Waals surface area (Å²) >= 11 is 0. The van der Waals surface area contributed by atoms with Crippen molar-refractivity contribution in [2.45, 2.75) is 128 Å². The summed E-state index contributed by atoms with van der Waals surface area (Å²) in [4.78, 5) is 13.5. The topological polar surface area (TPSA) is 70.0 Å². The molecule has 2 fully saturated rings. The van der Waals surface area contributed by atoms with Crippen LogP contribution in [-0.2, 0) is 9.53 Å². The lowest BCUT2D eigenvalue weighted by Gasteiger charge is -2.44. The Bertz CT molecular complexity index is 417. The van der Waals surface area contributed by atoms with Crippen molar-refractivity contribution in [2.24, 2.45) is 0 Å². The highest BCUT2D eigenvalue weighted by atomic mass is 16.5. The van der Waals surface area contributed by atoms with E-state index in [1.165, 1.54) is 70.6 Å². The first-order chi connectivity index (χ1) is 13.2. The first-order valence-electron chi connectivity index (χ1n) is 11.4. The molecule has 0 spiro atoms. The molecular weight excluding hydrogens is 342 g/mol. The molecule has 0 aromatic rings. The lowest BCUT2D eigenvalue weighted by atomic mass is 9.96. The fraction of sp³-hybridized carbons (Fsp3) is 0.955. The number of rotatable bonds is 14. The molecule has 0 aromatic heterocycles. The predicted molar refractivity (Wildman–Crippen MR) is 107 cm³/mol. The molecule has 0 aromatic carbocycles. The van der Waals surface area contributed by atoms with Gasteiger partial charge in [0.25, 0.3) is 0 Å². The van der Waals surface area contributed by atoms with Crippen molar-refractivity contribution in [3.05, 3.63) is 0 Å². The second kappa shape index (κ2) is 12.7. The fourth-order valence-corrected chi connectivity index (χ4v) is 4.52. The van der Waals surface area contributed by atoms with Crippen LogP contribution in [0.5, 0.6) is 0 Å². The minimum Gasteiger partial charge on any atom is -0.394 e. The van der Waals surface area contributed by atoms with Crippen LogP contribution in [0.1, 0.15) is 103 Å². The van der Waals surface area contributed by atoms with E-state index in [-0.39, 0.29) is 24.8 Å². The zero-order valence-electron chi connectivity index (χ0n) is 17.3. The molecule has 158 valence electrons. The van der Waals surface area contributed by atoms with Crippen LogP contribution in [-0.4, -0.2) is 52.1 Å². The molecular formula is C22H41NO4. The maximum absolute atomic E-state index is 11.9. The van der Waals surface area contributed by atoms with Crippen LogP contribution in [0.25, 0.3) is 0 Å². The van der Waals surface area contributed by atoms with Gasteiger partial charge in [0, 0.05) is 12.8 Å². The van der Waals surface area contributed by atoms with Gasteiger partial charge in [-0.15, -0.1) is 0 Å². The number of carbonyl (C=O) groups is 1. The number of fused-ring (bicyclic) bond motifs is 1. The summed E-state index contributed by atoms with van der Waals surface area (Å²) in [7, 11) is 0. The van der Waals surface area contributed by atoms with Crippen LogP contribution in [0.3, 0.4) is 0 Å². The van der Waals surface area contributed by atoms with Crippen molar-refractivity contribution in [1.29, 1.82) is 0 Å². The lowest BCUT2D eigenvalue weighted by Crippen LogP contribution is -2.60. The van der Waals surface area contributed by atoms with E-state index in [0.717, 1.165) is 12.8 Å². The molecule has 5 nitrogen and oxygen atoms in total. The lowest BCUT2D eigenvalue weighted by molar-refractivity contribution is -0.210. The summed E-state index contributed by atoms with van der Waals surface area (Å²) in [6.45, 7) is 2.07. The molecule has 0 bridgehead atoms. The van der Waals surface area contributed by atoms with E-state index < -0.39 is 12.1 Å². The minimum absolute atomic E-state index is 0.0121. The number of ether oxygens (including phenoxy) is 1. The van der Waals surface area contributed by atoms with Gasteiger partial charge in [-0.05, 0) is 6.42 Å². The average Bonchev–Trinajstić information content (AvgIpc) is 3.03. The molecule has 2 aliphatic rings. The summed E-state index contributed by atoms with van der Waals surface area (Å²) in [5, 5.41) is 20.1. The van der Waals surface area contributed by atoms with Gasteiger partial charge < -0.3 is 19.8 Å². The van der Waals surface area contributed by atoms with Crippen molar-refractivity contribution in [3.63, 3.8) is 0 Å². The van der Waals surface area contributed by atoms with Crippen LogP contribution in [0.2, 0.25) is 0 Å². The monoisotopic (exact) mass is 383 g/mol. The van der Waals surface area contributed by atoms with E-state index in [1.807, 2.05) is 0 Å². The first kappa shape index (κ1) is 22.6. The fourth-order valence-electron chi connectivity index (χ4n) is 4.52. The Balaban J connectivity index is 1.51. The largest absolute Gasteiger partial charge is 0.394 e. The number of amides is 1. The average molecular weight is 384 g/mol. The Labute approximate surface area is 165 Å². The number of hydrogen-bond acceptors (Lipinski definition) is 4. The molecule has 0 unspecified atom stereocenters. The normalized spacial score (nSPS) is 28.0. The highest BCUT2D eigenvalue weighted by Gasteiger charge is 2.47. The Kier molecular flexibility index (Phi) is 10.7. The number of hydrogen-bond donors (Lipinski definition) is 2. The van der Waals surface area contributed by atoms with Crippen molar-refractivity contribution in [1.82, 2.24) is 4.90 Å². The van der Waals surface area contributed by atoms with Crippen LogP contribution in [0.4, 0.5) is 0 Å². The molecule has 2 heterocycles. The van der Waals surface area contributed by atoms with Crippen LogP contribution < -0.4 is 0 Å². The van der Waals surface area contributed by atoms with Gasteiger partial charge in [-0.3, -0.25) is 4.79 Å². The van der Waals surface area contributed by atoms with E-state index in [2.05, 4.69) is 6.92 Å². The minimum atomic E-state index is -0.777. The third-order valence-electron chi connectivity index (χ3n) is 6.20. The summed E-state index contributed by atoms with van der Waals surface area (Å²) in [5.41, 5.74) is 0. The number of nitrogens with zero attached hydrogens (tertiary/aromatic N) is 1. The van der Waals surface area contributed by atoms with Gasteiger partial charge >= 0.3 is 0 Å². The van der Waals surface area contributed by atoms with Crippen molar-refractivity contribution in [3.8, 4) is 0 Å². The van der Waals surface area contributed by atoms with Gasteiger partial charge in [0.1, 0.15) is 12.3 Å². The van der Waals surface area contributed by atoms with Crippen molar-refractivity contribution < 1.29 is 19.7 Å². The molecule has 5 heteroatoms. The van der Waals surface area contributed by atoms with E-state index >= 15 is 0 Å². The molecule has 1 amide bonds. The van der Waals surface area contributed by atoms with E-state index in [9.17, 15) is 15.0 Å². The molecule has 2 N–H and O–H groups in total. The van der Waals surface area contributed by atoms with E-state index in [0.29, 0.717) is 12.8 Å². The van der Waals surface area contributed by atoms with E-state index in [4.69, 9.17) is 4.74 Å². The summed E-state index contributed by atoms with van der Waals surface area (Å²) in [5.74, 6) is -0.0121. The van der Waals surface area contributed by atoms with Crippen molar-refractivity contribution >= 4 is 5.91 Å². The van der Waals surface area contributed by atoms with Gasteiger partial charge in [0.15, 0.2) is 0 Å². The molecule has 2 rings (SSSR count). The van der Waals surface area contributed by atoms with Gasteiger partial charge in [0.05, 0.1) is 18.8 Å². The second-order valence-electron chi connectivity index (χ2n) is 8.39. The number of carbonyl (C=O) groups excluding carboxylic acids is 1. The Morgan fingerprint density at radius 3 is 2.07 bits per heavy atom. The quantitative estimate of drug-likeness (QED) is 0.442. The predicted octanol–water partition coefficient (Wildman–Crippen LogP) is 4.15. The molecule has 0 aliphatic carbocycles. The SMILES string of the molecule is CCCCCCCCCCCCCC[C@H]1O[C@H]2CCC(=O)N2[C@@H](CO)[C@@H]1O. The van der Waals surface area contributed by atoms with Gasteiger partial charge in [0.2, 0.25) is 5.91 Å². The molecule has 2 saturated heterocycles. The van der Waals surface area contributed by atoms with Gasteiger partial charge in [-0.25, -0.2) is 0 Å². The zero-order chi connectivity index (χ0) is 19.5. The number of aliphatic hydroxyl groups is 2. The third kappa shape index (κ3) is 7.03. The Morgan fingerprint density at radius 1 is 0.963 bits per heavy atom. The number of aliphatic hydroxyl groups excluding tert-OH is 2. The summed E-state index contributed by atoms with van der Waals surface area (Å²) in [6, 6.07) is -0.499. The zero-order valence-corrected chi connectivity index (χ0v) is 17.3. The van der Waals surface area contributed by atoms with Crippen LogP contribution in [0, 0.1) is 0 Å². The smallest absolute Gasteiger partial charge is 0.225 e. The summed E-state index contributed by atoms with van der Waals surface area (Å²) in [6.07, 6.45) is 16.4. The molecule has 0 radical (unpaired) electrons. The standard InChI is InChI=1S/C22H41NO4/c1-2-3-4-5-6-7-8-9-10-11-12-13-14-19-22(26)18(17-24)23-20(25)15-16-21(23)27-19/h18-19,21-22,24,26H,2-17H2,1H3/t18-,19+,21-,22-/m0/s1. The van der Waals surface area contributed by atoms with Gasteiger partial charge in [-0.1, -0.05) is 84.0 Å². The Hall–Kier alpha value is -0.650. The maximum atomic E-state index is 11.9. The molecule has 2 aliphatic heterocycles. The highest BCUT2D eigenvalue weighted by molar-refractivity contribution is 5.79. The van der Waals surface area contributed by atoms with Crippen molar-refractivity contribution in [2.75, 3.05) is 6.61 Å². The highest BCUT2D eigenvalue weighted by Crippen LogP contribution is 2.33. The molecule has 4 atom stereocenters. The molecule has 27 heavy (non-hydrogen) atoms. The van der Waals surface area contributed by atoms with Crippen LogP contribution in [0.15, 0.2) is 0 Å². The Morgan fingerprint density at radius 2 is 1.52 bits per heavy atom. The second-order valence-corrected chi connectivity index (χ2v) is 8.39. The van der Waals surface area contributed by atoms with E-state index in [1.54, 1.807) is 4.90 Å². The first-order valence-corrected chi connectivity index (χ1v) is 11.4. The maximum Gasteiger partial charge on any atom is 0.225 e. The number of unbranched alkanes of at least 4 members (excludes halogenated alkanes) is 11. The van der Waals surface area contributed by atoms with Crippen LogP contribution >= 0.6 is 0 Å². The molecule has 0 saturated carbocycles. The summed E-state index contributed by atoms with van der Waals surface area (Å²) < 4.78 is 5.97. The third-order valence-corrected chi connectivity index (χ3v) is 6.20.